The number of benzene rings is 1. The molecule has 112 valence electrons. The van der Waals surface area contributed by atoms with Gasteiger partial charge in [0.05, 0.1) is 11.8 Å². The number of nitrogens with two attached hydrogens (primary N) is 1. The smallest absolute Gasteiger partial charge is 0.242 e. The van der Waals surface area contributed by atoms with Gasteiger partial charge in [0.25, 0.3) is 0 Å². The van der Waals surface area contributed by atoms with Crippen LogP contribution in [0.2, 0.25) is 0 Å². The van der Waals surface area contributed by atoms with Gasteiger partial charge < -0.3 is 15.4 Å². The predicted molar refractivity (Wildman–Crippen MR) is 79.3 cm³/mol. The van der Waals surface area contributed by atoms with E-state index in [0.717, 1.165) is 31.6 Å². The molecule has 0 aliphatic carbocycles. The summed E-state index contributed by atoms with van der Waals surface area (Å²) >= 11 is 0. The van der Waals surface area contributed by atoms with Crippen molar-refractivity contribution in [2.45, 2.75) is 23.8 Å². The van der Waals surface area contributed by atoms with E-state index < -0.39 is 10.0 Å². The average Bonchev–Trinajstić information content (AvgIpc) is 2.47. The molecule has 0 unspecified atom stereocenters. The predicted octanol–water partition coefficient (Wildman–Crippen LogP) is 0.792. The molecule has 0 atom stereocenters. The van der Waals surface area contributed by atoms with E-state index >= 15 is 0 Å². The van der Waals surface area contributed by atoms with Crippen molar-refractivity contribution in [2.24, 2.45) is 0 Å². The van der Waals surface area contributed by atoms with Crippen molar-refractivity contribution in [2.75, 3.05) is 37.9 Å². The summed E-state index contributed by atoms with van der Waals surface area (Å²) in [5.74, 6) is 0. The summed E-state index contributed by atoms with van der Waals surface area (Å²) in [5.41, 5.74) is 7.09. The molecule has 0 radical (unpaired) electrons. The number of hydrogen-bond acceptors (Lipinski definition) is 5. The fraction of sp³-hybridized carbons (Fsp3) is 0.538. The van der Waals surface area contributed by atoms with Gasteiger partial charge in [-0.1, -0.05) is 0 Å². The van der Waals surface area contributed by atoms with Gasteiger partial charge in [0, 0.05) is 25.9 Å². The van der Waals surface area contributed by atoms with E-state index in [1.807, 2.05) is 0 Å². The minimum atomic E-state index is -3.50. The molecule has 20 heavy (non-hydrogen) atoms. The van der Waals surface area contributed by atoms with Gasteiger partial charge >= 0.3 is 0 Å². The van der Waals surface area contributed by atoms with Gasteiger partial charge in [-0.15, -0.1) is 0 Å². The summed E-state index contributed by atoms with van der Waals surface area (Å²) < 4.78 is 31.2. The number of nitrogens with one attached hydrogen (secondary N) is 1. The Kier molecular flexibility index (Phi) is 4.52. The molecule has 0 spiro atoms. The number of anilines is 2. The fourth-order valence-electron chi connectivity index (χ4n) is 2.44. The van der Waals surface area contributed by atoms with Crippen LogP contribution >= 0.6 is 0 Å². The zero-order valence-corrected chi connectivity index (χ0v) is 12.6. The highest BCUT2D eigenvalue weighted by molar-refractivity contribution is 7.89. The second kappa shape index (κ2) is 5.99. The fourth-order valence-corrected chi connectivity index (χ4v) is 3.27. The Bertz CT molecular complexity index is 566. The van der Waals surface area contributed by atoms with Gasteiger partial charge in [0.15, 0.2) is 0 Å². The summed E-state index contributed by atoms with van der Waals surface area (Å²) in [7, 11) is -0.398. The number of hydrogen-bond donors (Lipinski definition) is 2. The molecule has 0 saturated carbocycles. The highest BCUT2D eigenvalue weighted by Gasteiger charge is 2.21. The largest absolute Gasteiger partial charge is 0.398 e. The highest BCUT2D eigenvalue weighted by Crippen LogP contribution is 2.27. The molecule has 1 aliphatic heterocycles. The van der Waals surface area contributed by atoms with Crippen LogP contribution in [-0.4, -0.2) is 41.8 Å². The number of nitrogen functional groups attached to an aromatic ring is 1. The quantitative estimate of drug-likeness (QED) is 0.803. The maximum absolute atomic E-state index is 11.8. The third-order valence-electron chi connectivity index (χ3n) is 3.69. The molecule has 0 aromatic heterocycles. The Morgan fingerprint density at radius 3 is 2.50 bits per heavy atom. The lowest BCUT2D eigenvalue weighted by Crippen LogP contribution is -2.36. The molecule has 0 bridgehead atoms. The number of nitrogens with zero attached hydrogens (tertiary/aromatic N) is 1. The number of rotatable bonds is 4. The van der Waals surface area contributed by atoms with Crippen LogP contribution in [0.25, 0.3) is 0 Å². The molecule has 1 fully saturated rings. The molecule has 6 nitrogen and oxygen atoms in total. The first kappa shape index (κ1) is 15.1. The Labute approximate surface area is 120 Å². The van der Waals surface area contributed by atoms with Crippen LogP contribution in [-0.2, 0) is 14.8 Å². The Hall–Kier alpha value is -1.31. The zero-order chi connectivity index (χ0) is 14.8. The molecule has 1 aromatic rings. The van der Waals surface area contributed by atoms with Crippen LogP contribution < -0.4 is 15.4 Å². The molecule has 1 aliphatic rings. The first-order valence-corrected chi connectivity index (χ1v) is 8.07. The van der Waals surface area contributed by atoms with Gasteiger partial charge in [0.1, 0.15) is 4.90 Å². The molecule has 1 saturated heterocycles. The normalized spacial score (nSPS) is 17.4. The van der Waals surface area contributed by atoms with Crippen molar-refractivity contribution in [3.05, 3.63) is 18.2 Å². The minimum absolute atomic E-state index is 0.121. The monoisotopic (exact) mass is 299 g/mol. The number of ether oxygens (including phenoxy) is 1. The van der Waals surface area contributed by atoms with E-state index in [0.29, 0.717) is 6.10 Å². The zero-order valence-electron chi connectivity index (χ0n) is 11.8. The maximum atomic E-state index is 11.8. The van der Waals surface area contributed by atoms with Crippen molar-refractivity contribution in [3.63, 3.8) is 0 Å². The average molecular weight is 299 g/mol. The summed E-state index contributed by atoms with van der Waals surface area (Å²) in [5, 5.41) is 0. The van der Waals surface area contributed by atoms with Crippen molar-refractivity contribution in [1.29, 1.82) is 0 Å². The van der Waals surface area contributed by atoms with Crippen LogP contribution in [0.1, 0.15) is 12.8 Å². The van der Waals surface area contributed by atoms with E-state index in [1.165, 1.54) is 7.05 Å². The first-order valence-electron chi connectivity index (χ1n) is 6.58. The molecule has 1 aromatic carbocycles. The van der Waals surface area contributed by atoms with Gasteiger partial charge in [-0.25, -0.2) is 13.1 Å². The molecule has 7 heteroatoms. The van der Waals surface area contributed by atoms with Crippen molar-refractivity contribution < 1.29 is 13.2 Å². The molecular formula is C13H21N3O3S. The van der Waals surface area contributed by atoms with Gasteiger partial charge in [-0.2, -0.15) is 0 Å². The van der Waals surface area contributed by atoms with E-state index in [-0.39, 0.29) is 10.6 Å². The Morgan fingerprint density at radius 2 is 2.00 bits per heavy atom. The van der Waals surface area contributed by atoms with Crippen molar-refractivity contribution in [3.8, 4) is 0 Å². The third kappa shape index (κ3) is 3.05. The lowest BCUT2D eigenvalue weighted by atomic mass is 10.1. The minimum Gasteiger partial charge on any atom is -0.398 e. The van der Waals surface area contributed by atoms with Crippen LogP contribution in [0, 0.1) is 0 Å². The highest BCUT2D eigenvalue weighted by atomic mass is 32.2. The first-order chi connectivity index (χ1) is 9.47. The van der Waals surface area contributed by atoms with Gasteiger partial charge in [0.2, 0.25) is 10.0 Å². The second-order valence-electron chi connectivity index (χ2n) is 4.85. The third-order valence-corrected chi connectivity index (χ3v) is 5.18. The summed E-state index contributed by atoms with van der Waals surface area (Å²) in [4.78, 5) is 2.32. The van der Waals surface area contributed by atoms with E-state index in [2.05, 4.69) is 9.62 Å². The number of piperidine rings is 1. The van der Waals surface area contributed by atoms with Gasteiger partial charge in [-0.3, -0.25) is 0 Å². The van der Waals surface area contributed by atoms with Crippen LogP contribution in [0.5, 0.6) is 0 Å². The second-order valence-corrected chi connectivity index (χ2v) is 6.71. The van der Waals surface area contributed by atoms with E-state index in [9.17, 15) is 8.42 Å². The Balaban J connectivity index is 2.18. The van der Waals surface area contributed by atoms with Crippen LogP contribution in [0.3, 0.4) is 0 Å². The summed E-state index contributed by atoms with van der Waals surface area (Å²) in [6.45, 7) is 1.77. The standard InChI is InChI=1S/C13H21N3O3S/c1-15-20(17,18)13-4-3-10(9-12(13)14)16-7-5-11(19-2)6-8-16/h3-4,9,11,15H,5-8,14H2,1-2H3. The lowest BCUT2D eigenvalue weighted by molar-refractivity contribution is 0.0819. The number of methoxy groups -OCH3 is 1. The van der Waals surface area contributed by atoms with Gasteiger partial charge in [-0.05, 0) is 38.1 Å². The molecule has 2 rings (SSSR count). The topological polar surface area (TPSA) is 84.7 Å². The number of sulfonamides is 1. The maximum Gasteiger partial charge on any atom is 0.242 e. The van der Waals surface area contributed by atoms with Crippen LogP contribution in [0.4, 0.5) is 11.4 Å². The summed E-state index contributed by atoms with van der Waals surface area (Å²) in [6.07, 6.45) is 2.24. The molecule has 3 N–H and O–H groups in total. The van der Waals surface area contributed by atoms with E-state index in [4.69, 9.17) is 10.5 Å². The molecule has 0 amide bonds. The molecular weight excluding hydrogens is 278 g/mol. The van der Waals surface area contributed by atoms with Crippen molar-refractivity contribution in [1.82, 2.24) is 4.72 Å². The van der Waals surface area contributed by atoms with Crippen molar-refractivity contribution >= 4 is 21.4 Å². The SMILES string of the molecule is CNS(=O)(=O)c1ccc(N2CCC(OC)CC2)cc1N. The molecule has 1 heterocycles. The lowest BCUT2D eigenvalue weighted by Gasteiger charge is -2.33. The Morgan fingerprint density at radius 1 is 1.35 bits per heavy atom. The van der Waals surface area contributed by atoms with E-state index in [1.54, 1.807) is 25.3 Å². The summed E-state index contributed by atoms with van der Waals surface area (Å²) in [6, 6.07) is 5.07. The van der Waals surface area contributed by atoms with Crippen LogP contribution in [0.15, 0.2) is 23.1 Å².